The molecule has 5 heteroatoms. The SMILES string of the molecule is CCCC1(C(=O)NCCn2cccn2)CCNCC1. The molecule has 0 atom stereocenters. The van der Waals surface area contributed by atoms with Crippen molar-refractivity contribution in [1.29, 1.82) is 0 Å². The Morgan fingerprint density at radius 3 is 2.89 bits per heavy atom. The van der Waals surface area contributed by atoms with Crippen molar-refractivity contribution in [3.8, 4) is 0 Å². The molecular formula is C14H24N4O. The van der Waals surface area contributed by atoms with E-state index >= 15 is 0 Å². The number of carbonyl (C=O) groups is 1. The van der Waals surface area contributed by atoms with Crippen molar-refractivity contribution in [3.63, 3.8) is 0 Å². The van der Waals surface area contributed by atoms with Crippen molar-refractivity contribution >= 4 is 5.91 Å². The van der Waals surface area contributed by atoms with Crippen LogP contribution in [0.1, 0.15) is 32.6 Å². The lowest BCUT2D eigenvalue weighted by Crippen LogP contribution is -2.48. The van der Waals surface area contributed by atoms with Gasteiger partial charge in [-0.05, 0) is 38.4 Å². The Morgan fingerprint density at radius 2 is 2.26 bits per heavy atom. The predicted molar refractivity (Wildman–Crippen MR) is 74.7 cm³/mol. The lowest BCUT2D eigenvalue weighted by Gasteiger charge is -2.36. The molecule has 0 saturated carbocycles. The third-order valence-corrected chi connectivity index (χ3v) is 3.96. The summed E-state index contributed by atoms with van der Waals surface area (Å²) in [7, 11) is 0. The Morgan fingerprint density at radius 1 is 1.47 bits per heavy atom. The molecule has 1 aromatic rings. The van der Waals surface area contributed by atoms with Crippen LogP contribution in [0.2, 0.25) is 0 Å². The van der Waals surface area contributed by atoms with Crippen LogP contribution in [-0.2, 0) is 11.3 Å². The molecule has 5 nitrogen and oxygen atoms in total. The number of nitrogens with one attached hydrogen (secondary N) is 2. The summed E-state index contributed by atoms with van der Waals surface area (Å²) >= 11 is 0. The molecule has 106 valence electrons. The van der Waals surface area contributed by atoms with E-state index in [-0.39, 0.29) is 11.3 Å². The molecular weight excluding hydrogens is 240 g/mol. The van der Waals surface area contributed by atoms with Crippen LogP contribution in [0.5, 0.6) is 0 Å². The van der Waals surface area contributed by atoms with Crippen molar-refractivity contribution in [2.75, 3.05) is 19.6 Å². The van der Waals surface area contributed by atoms with Gasteiger partial charge in [0.25, 0.3) is 0 Å². The van der Waals surface area contributed by atoms with Crippen LogP contribution in [0.4, 0.5) is 0 Å². The Labute approximate surface area is 114 Å². The normalized spacial score (nSPS) is 18.2. The van der Waals surface area contributed by atoms with Crippen LogP contribution in [0.3, 0.4) is 0 Å². The summed E-state index contributed by atoms with van der Waals surface area (Å²) in [5.41, 5.74) is -0.149. The fourth-order valence-electron chi connectivity index (χ4n) is 2.88. The highest BCUT2D eigenvalue weighted by molar-refractivity contribution is 5.82. The van der Waals surface area contributed by atoms with Crippen LogP contribution >= 0.6 is 0 Å². The highest BCUT2D eigenvalue weighted by Gasteiger charge is 2.38. The molecule has 2 heterocycles. The number of amides is 1. The van der Waals surface area contributed by atoms with Crippen molar-refractivity contribution in [1.82, 2.24) is 20.4 Å². The van der Waals surface area contributed by atoms with E-state index in [1.807, 2.05) is 16.9 Å². The van der Waals surface area contributed by atoms with Crippen molar-refractivity contribution in [2.45, 2.75) is 39.2 Å². The lowest BCUT2D eigenvalue weighted by atomic mass is 9.74. The summed E-state index contributed by atoms with van der Waals surface area (Å²) in [5, 5.41) is 10.6. The molecule has 0 aliphatic carbocycles. The minimum Gasteiger partial charge on any atom is -0.354 e. The van der Waals surface area contributed by atoms with E-state index in [0.29, 0.717) is 6.54 Å². The second kappa shape index (κ2) is 6.70. The van der Waals surface area contributed by atoms with Gasteiger partial charge in [-0.25, -0.2) is 0 Å². The van der Waals surface area contributed by atoms with Gasteiger partial charge in [0.2, 0.25) is 5.91 Å². The minimum atomic E-state index is -0.149. The lowest BCUT2D eigenvalue weighted by molar-refractivity contribution is -0.133. The molecule has 1 saturated heterocycles. The molecule has 0 aromatic carbocycles. The molecule has 2 N–H and O–H groups in total. The van der Waals surface area contributed by atoms with E-state index in [2.05, 4.69) is 22.7 Å². The number of rotatable bonds is 6. The summed E-state index contributed by atoms with van der Waals surface area (Å²) in [6.45, 7) is 5.44. The van der Waals surface area contributed by atoms with Crippen molar-refractivity contribution in [3.05, 3.63) is 18.5 Å². The fourth-order valence-corrected chi connectivity index (χ4v) is 2.88. The van der Waals surface area contributed by atoms with E-state index < -0.39 is 0 Å². The molecule has 1 amide bonds. The second-order valence-corrected chi connectivity index (χ2v) is 5.31. The summed E-state index contributed by atoms with van der Waals surface area (Å²) in [4.78, 5) is 12.5. The summed E-state index contributed by atoms with van der Waals surface area (Å²) in [6, 6.07) is 1.90. The monoisotopic (exact) mass is 264 g/mol. The summed E-state index contributed by atoms with van der Waals surface area (Å²) in [5.74, 6) is 0.225. The molecule has 1 aromatic heterocycles. The van der Waals surface area contributed by atoms with E-state index in [4.69, 9.17) is 0 Å². The third kappa shape index (κ3) is 3.56. The highest BCUT2D eigenvalue weighted by Crippen LogP contribution is 2.34. The number of hydrogen-bond acceptors (Lipinski definition) is 3. The first-order valence-electron chi connectivity index (χ1n) is 7.23. The number of nitrogens with zero attached hydrogens (tertiary/aromatic N) is 2. The van der Waals surface area contributed by atoms with E-state index in [0.717, 1.165) is 45.3 Å². The van der Waals surface area contributed by atoms with Gasteiger partial charge >= 0.3 is 0 Å². The first-order chi connectivity index (χ1) is 9.27. The zero-order valence-electron chi connectivity index (χ0n) is 11.7. The van der Waals surface area contributed by atoms with Gasteiger partial charge in [0.1, 0.15) is 0 Å². The largest absolute Gasteiger partial charge is 0.354 e. The summed E-state index contributed by atoms with van der Waals surface area (Å²) in [6.07, 6.45) is 7.63. The van der Waals surface area contributed by atoms with E-state index in [1.165, 1.54) is 0 Å². The predicted octanol–water partition coefficient (Wildman–Crippen LogP) is 1.17. The van der Waals surface area contributed by atoms with Crippen LogP contribution in [0.25, 0.3) is 0 Å². The Bertz CT molecular complexity index is 377. The standard InChI is InChI=1S/C14H24N4O/c1-2-4-14(5-8-15-9-6-14)13(19)16-10-12-18-11-3-7-17-18/h3,7,11,15H,2,4-6,8-10,12H2,1H3,(H,16,19). The molecule has 2 rings (SSSR count). The van der Waals surface area contributed by atoms with E-state index in [9.17, 15) is 4.79 Å². The van der Waals surface area contributed by atoms with Gasteiger partial charge in [0.15, 0.2) is 0 Å². The van der Waals surface area contributed by atoms with Crippen molar-refractivity contribution < 1.29 is 4.79 Å². The van der Waals surface area contributed by atoms with Gasteiger partial charge in [-0.15, -0.1) is 0 Å². The Kier molecular flexibility index (Phi) is 4.96. The maximum absolute atomic E-state index is 12.5. The van der Waals surface area contributed by atoms with Crippen molar-refractivity contribution in [2.24, 2.45) is 5.41 Å². The molecule has 1 aliphatic rings. The number of hydrogen-bond donors (Lipinski definition) is 2. The molecule has 0 spiro atoms. The van der Waals surface area contributed by atoms with Crippen LogP contribution < -0.4 is 10.6 Å². The third-order valence-electron chi connectivity index (χ3n) is 3.96. The molecule has 0 bridgehead atoms. The number of piperidine rings is 1. The fraction of sp³-hybridized carbons (Fsp3) is 0.714. The quantitative estimate of drug-likeness (QED) is 0.811. The topological polar surface area (TPSA) is 59.0 Å². The molecule has 19 heavy (non-hydrogen) atoms. The van der Waals surface area contributed by atoms with Gasteiger partial charge < -0.3 is 10.6 Å². The number of carbonyl (C=O) groups excluding carboxylic acids is 1. The van der Waals surface area contributed by atoms with Gasteiger partial charge in [0.05, 0.1) is 12.0 Å². The zero-order chi connectivity index (χ0) is 13.6. The zero-order valence-corrected chi connectivity index (χ0v) is 11.7. The van der Waals surface area contributed by atoms with Gasteiger partial charge in [-0.3, -0.25) is 9.48 Å². The Balaban J connectivity index is 1.85. The molecule has 1 fully saturated rings. The second-order valence-electron chi connectivity index (χ2n) is 5.31. The highest BCUT2D eigenvalue weighted by atomic mass is 16.2. The van der Waals surface area contributed by atoms with Gasteiger partial charge in [0, 0.05) is 18.9 Å². The Hall–Kier alpha value is -1.36. The maximum atomic E-state index is 12.5. The van der Waals surface area contributed by atoms with Crippen LogP contribution in [0, 0.1) is 5.41 Å². The molecule has 0 radical (unpaired) electrons. The van der Waals surface area contributed by atoms with Crippen LogP contribution in [0.15, 0.2) is 18.5 Å². The average Bonchev–Trinajstić information content (AvgIpc) is 2.93. The van der Waals surface area contributed by atoms with Gasteiger partial charge in [-0.2, -0.15) is 5.10 Å². The van der Waals surface area contributed by atoms with Gasteiger partial charge in [-0.1, -0.05) is 13.3 Å². The molecule has 1 aliphatic heterocycles. The molecule has 0 unspecified atom stereocenters. The smallest absolute Gasteiger partial charge is 0.226 e. The summed E-state index contributed by atoms with van der Waals surface area (Å²) < 4.78 is 1.84. The van der Waals surface area contributed by atoms with E-state index in [1.54, 1.807) is 6.20 Å². The minimum absolute atomic E-state index is 0.149. The number of aromatic nitrogens is 2. The average molecular weight is 264 g/mol. The first-order valence-corrected chi connectivity index (χ1v) is 7.23. The maximum Gasteiger partial charge on any atom is 0.226 e. The van der Waals surface area contributed by atoms with Crippen LogP contribution in [-0.4, -0.2) is 35.3 Å². The first kappa shape index (κ1) is 14.1.